The highest BCUT2D eigenvalue weighted by atomic mass is 19.4. The maximum Gasteiger partial charge on any atom is 0.449 e. The van der Waals surface area contributed by atoms with Crippen LogP contribution in [0.25, 0.3) is 5.69 Å². The molecule has 164 valence electrons. The molecule has 1 aliphatic rings. The SMILES string of the molecule is O=c1[nH]c(C(F)(F)F)nc2c1CN(Cc1cccn1-c1cccc(C(F)(F)F)c1)CC2. The third-order valence-electron chi connectivity index (χ3n) is 5.09. The summed E-state index contributed by atoms with van der Waals surface area (Å²) in [5.74, 6) is -1.32. The molecule has 4 rings (SSSR count). The van der Waals surface area contributed by atoms with Crippen LogP contribution < -0.4 is 5.56 Å². The summed E-state index contributed by atoms with van der Waals surface area (Å²) in [6, 6.07) is 8.34. The van der Waals surface area contributed by atoms with Crippen LogP contribution in [-0.2, 0) is 31.9 Å². The van der Waals surface area contributed by atoms with Crippen LogP contribution in [0.15, 0.2) is 47.4 Å². The Kier molecular flexibility index (Phi) is 5.16. The van der Waals surface area contributed by atoms with Crippen molar-refractivity contribution in [3.8, 4) is 5.69 Å². The first-order chi connectivity index (χ1) is 14.5. The van der Waals surface area contributed by atoms with Gasteiger partial charge in [0.15, 0.2) is 0 Å². The third-order valence-corrected chi connectivity index (χ3v) is 5.09. The molecule has 2 aromatic heterocycles. The summed E-state index contributed by atoms with van der Waals surface area (Å²) in [7, 11) is 0. The molecule has 0 fully saturated rings. The minimum Gasteiger partial charge on any atom is -0.320 e. The average molecular weight is 442 g/mol. The van der Waals surface area contributed by atoms with E-state index in [-0.39, 0.29) is 24.2 Å². The molecular formula is C20H16F6N4O. The van der Waals surface area contributed by atoms with Gasteiger partial charge in [-0.25, -0.2) is 4.98 Å². The van der Waals surface area contributed by atoms with Gasteiger partial charge < -0.3 is 9.55 Å². The summed E-state index contributed by atoms with van der Waals surface area (Å²) >= 11 is 0. The van der Waals surface area contributed by atoms with E-state index in [1.807, 2.05) is 4.90 Å². The van der Waals surface area contributed by atoms with Crippen LogP contribution in [-0.4, -0.2) is 26.0 Å². The predicted molar refractivity (Wildman–Crippen MR) is 98.4 cm³/mol. The Balaban J connectivity index is 1.57. The molecule has 0 aliphatic carbocycles. The summed E-state index contributed by atoms with van der Waals surface area (Å²) in [6.45, 7) is 0.737. The van der Waals surface area contributed by atoms with E-state index in [1.54, 1.807) is 33.9 Å². The lowest BCUT2D eigenvalue weighted by molar-refractivity contribution is -0.145. The Labute approximate surface area is 172 Å². The largest absolute Gasteiger partial charge is 0.449 e. The number of rotatable bonds is 3. The Morgan fingerprint density at radius 1 is 1.03 bits per heavy atom. The lowest BCUT2D eigenvalue weighted by Gasteiger charge is -2.28. The number of nitrogens with one attached hydrogen (secondary N) is 1. The molecule has 31 heavy (non-hydrogen) atoms. The Bertz CT molecular complexity index is 1160. The second-order valence-electron chi connectivity index (χ2n) is 7.22. The molecule has 0 saturated carbocycles. The molecule has 3 aromatic rings. The van der Waals surface area contributed by atoms with E-state index in [2.05, 4.69) is 4.98 Å². The van der Waals surface area contributed by atoms with E-state index in [0.29, 0.717) is 24.5 Å². The van der Waals surface area contributed by atoms with Crippen LogP contribution in [0, 0.1) is 0 Å². The van der Waals surface area contributed by atoms with E-state index in [0.717, 1.165) is 12.1 Å². The minimum absolute atomic E-state index is 0.0869. The number of nitrogens with zero attached hydrogens (tertiary/aromatic N) is 3. The molecule has 0 spiro atoms. The van der Waals surface area contributed by atoms with Crippen molar-refractivity contribution in [2.45, 2.75) is 31.9 Å². The summed E-state index contributed by atoms with van der Waals surface area (Å²) in [5, 5.41) is 0. The molecule has 0 radical (unpaired) electrons. The highest BCUT2D eigenvalue weighted by Gasteiger charge is 2.36. The standard InChI is InChI=1S/C20H16F6N4O/c21-19(22,23)12-3-1-4-13(9-12)30-7-2-5-14(30)10-29-8-6-16-15(11-29)17(31)28-18(27-16)20(24,25)26/h1-5,7,9H,6,8,10-11H2,(H,27,28,31). The number of aromatic nitrogens is 3. The molecule has 0 atom stereocenters. The number of H-pyrrole nitrogens is 1. The van der Waals surface area contributed by atoms with Gasteiger partial charge in [-0.3, -0.25) is 9.69 Å². The van der Waals surface area contributed by atoms with Crippen LogP contribution in [0.1, 0.15) is 28.3 Å². The number of hydrogen-bond acceptors (Lipinski definition) is 3. The fourth-order valence-electron chi connectivity index (χ4n) is 3.61. The maximum absolute atomic E-state index is 13.0. The molecule has 1 aromatic carbocycles. The van der Waals surface area contributed by atoms with Gasteiger partial charge in [-0.05, 0) is 30.3 Å². The number of hydrogen-bond donors (Lipinski definition) is 1. The van der Waals surface area contributed by atoms with E-state index >= 15 is 0 Å². The molecule has 5 nitrogen and oxygen atoms in total. The van der Waals surface area contributed by atoms with Gasteiger partial charge in [0.2, 0.25) is 5.82 Å². The van der Waals surface area contributed by atoms with Crippen LogP contribution in [0.4, 0.5) is 26.3 Å². The highest BCUT2D eigenvalue weighted by Crippen LogP contribution is 2.31. The van der Waals surface area contributed by atoms with Crippen molar-refractivity contribution in [3.63, 3.8) is 0 Å². The predicted octanol–water partition coefficient (Wildman–Crippen LogP) is 4.16. The lowest BCUT2D eigenvalue weighted by Crippen LogP contribution is -2.37. The molecular weight excluding hydrogens is 426 g/mol. The average Bonchev–Trinajstić information content (AvgIpc) is 3.15. The molecule has 1 aliphatic heterocycles. The van der Waals surface area contributed by atoms with E-state index in [9.17, 15) is 31.1 Å². The molecule has 0 amide bonds. The number of aromatic amines is 1. The van der Waals surface area contributed by atoms with Gasteiger partial charge in [0.25, 0.3) is 5.56 Å². The van der Waals surface area contributed by atoms with Crippen LogP contribution >= 0.6 is 0 Å². The number of alkyl halides is 6. The van der Waals surface area contributed by atoms with Crippen molar-refractivity contribution < 1.29 is 26.3 Å². The molecule has 0 unspecified atom stereocenters. The van der Waals surface area contributed by atoms with Crippen LogP contribution in [0.5, 0.6) is 0 Å². The first kappa shape index (κ1) is 21.2. The highest BCUT2D eigenvalue weighted by molar-refractivity contribution is 5.39. The van der Waals surface area contributed by atoms with E-state index in [1.165, 1.54) is 6.07 Å². The number of benzene rings is 1. The quantitative estimate of drug-likeness (QED) is 0.620. The topological polar surface area (TPSA) is 53.9 Å². The minimum atomic E-state index is -4.74. The smallest absolute Gasteiger partial charge is 0.320 e. The normalized spacial score (nSPS) is 15.2. The van der Waals surface area contributed by atoms with Gasteiger partial charge >= 0.3 is 12.4 Å². The van der Waals surface area contributed by atoms with Crippen molar-refractivity contribution >= 4 is 0 Å². The third kappa shape index (κ3) is 4.36. The van der Waals surface area contributed by atoms with Gasteiger partial charge in [-0.15, -0.1) is 0 Å². The molecule has 11 heteroatoms. The summed E-state index contributed by atoms with van der Waals surface area (Å²) < 4.78 is 79.3. The molecule has 3 heterocycles. The van der Waals surface area contributed by atoms with Crippen LogP contribution in [0.3, 0.4) is 0 Å². The summed E-state index contributed by atoms with van der Waals surface area (Å²) in [4.78, 5) is 19.3. The van der Waals surface area contributed by atoms with Crippen molar-refractivity contribution in [1.29, 1.82) is 0 Å². The number of fused-ring (bicyclic) bond motifs is 1. The first-order valence-corrected chi connectivity index (χ1v) is 9.28. The van der Waals surface area contributed by atoms with Gasteiger partial charge in [0.05, 0.1) is 16.8 Å². The second-order valence-corrected chi connectivity index (χ2v) is 7.22. The fourth-order valence-corrected chi connectivity index (χ4v) is 3.61. The Hall–Kier alpha value is -3.08. The van der Waals surface area contributed by atoms with Crippen molar-refractivity contribution in [2.75, 3.05) is 6.54 Å². The summed E-state index contributed by atoms with van der Waals surface area (Å²) in [5.41, 5.74) is -0.317. The van der Waals surface area contributed by atoms with Gasteiger partial charge in [-0.1, -0.05) is 6.07 Å². The molecule has 0 bridgehead atoms. The van der Waals surface area contributed by atoms with Gasteiger partial charge in [-0.2, -0.15) is 26.3 Å². The number of halogens is 6. The molecule has 1 N–H and O–H groups in total. The first-order valence-electron chi connectivity index (χ1n) is 9.28. The zero-order valence-electron chi connectivity index (χ0n) is 15.9. The second kappa shape index (κ2) is 7.56. The van der Waals surface area contributed by atoms with Crippen molar-refractivity contribution in [2.24, 2.45) is 0 Å². The summed E-state index contributed by atoms with van der Waals surface area (Å²) in [6.07, 6.45) is -7.42. The zero-order chi connectivity index (χ0) is 22.4. The van der Waals surface area contributed by atoms with E-state index < -0.39 is 29.3 Å². The zero-order valence-corrected chi connectivity index (χ0v) is 15.9. The fraction of sp³-hybridized carbons (Fsp3) is 0.300. The van der Waals surface area contributed by atoms with Gasteiger partial charge in [0, 0.05) is 43.6 Å². The monoisotopic (exact) mass is 442 g/mol. The van der Waals surface area contributed by atoms with Gasteiger partial charge in [0.1, 0.15) is 0 Å². The molecule has 0 saturated heterocycles. The van der Waals surface area contributed by atoms with Crippen LogP contribution in [0.2, 0.25) is 0 Å². The van der Waals surface area contributed by atoms with E-state index in [4.69, 9.17) is 0 Å². The van der Waals surface area contributed by atoms with Crippen molar-refractivity contribution in [1.82, 2.24) is 19.4 Å². The maximum atomic E-state index is 13.0. The van der Waals surface area contributed by atoms with Crippen molar-refractivity contribution in [3.05, 3.63) is 81.3 Å². The lowest BCUT2D eigenvalue weighted by atomic mass is 10.1. The Morgan fingerprint density at radius 2 is 1.81 bits per heavy atom. The Morgan fingerprint density at radius 3 is 2.52 bits per heavy atom.